The molecule has 1 amide bonds. The average molecular weight is 262 g/mol. The summed E-state index contributed by atoms with van der Waals surface area (Å²) in [6.45, 7) is 1.73. The van der Waals surface area contributed by atoms with Gasteiger partial charge in [-0.05, 0) is 13.0 Å². The van der Waals surface area contributed by atoms with E-state index in [-0.39, 0.29) is 17.9 Å². The molecule has 2 aromatic rings. The van der Waals surface area contributed by atoms with Gasteiger partial charge in [-0.2, -0.15) is 0 Å². The summed E-state index contributed by atoms with van der Waals surface area (Å²) in [6.07, 6.45) is 0. The number of benzene rings is 1. The number of fused-ring (bicyclic) bond motifs is 1. The largest absolute Gasteiger partial charge is 0.478 e. The SMILES string of the molecule is CC(NCc1oc2ccccc2c1C(=O)O)C(N)=O. The Balaban J connectivity index is 2.34. The second-order valence-corrected chi connectivity index (χ2v) is 4.21. The maximum Gasteiger partial charge on any atom is 0.339 e. The number of primary amides is 1. The van der Waals surface area contributed by atoms with Gasteiger partial charge >= 0.3 is 5.97 Å². The first-order valence-corrected chi connectivity index (χ1v) is 5.77. The van der Waals surface area contributed by atoms with Gasteiger partial charge in [-0.1, -0.05) is 18.2 Å². The highest BCUT2D eigenvalue weighted by molar-refractivity contribution is 6.03. The molecular formula is C13H14N2O4. The van der Waals surface area contributed by atoms with Crippen molar-refractivity contribution in [3.05, 3.63) is 35.6 Å². The Morgan fingerprint density at radius 2 is 2.11 bits per heavy atom. The summed E-state index contributed by atoms with van der Waals surface area (Å²) in [6, 6.07) is 6.33. The smallest absolute Gasteiger partial charge is 0.339 e. The van der Waals surface area contributed by atoms with Gasteiger partial charge in [0.1, 0.15) is 16.9 Å². The number of carboxylic acids is 1. The molecule has 100 valence electrons. The second kappa shape index (κ2) is 5.11. The monoisotopic (exact) mass is 262 g/mol. The highest BCUT2D eigenvalue weighted by Crippen LogP contribution is 2.25. The van der Waals surface area contributed by atoms with Crippen LogP contribution in [0.15, 0.2) is 28.7 Å². The van der Waals surface area contributed by atoms with Crippen molar-refractivity contribution in [1.29, 1.82) is 0 Å². The predicted octanol–water partition coefficient (Wildman–Crippen LogP) is 1.09. The quantitative estimate of drug-likeness (QED) is 0.748. The van der Waals surface area contributed by atoms with Crippen LogP contribution >= 0.6 is 0 Å². The first-order valence-electron chi connectivity index (χ1n) is 5.77. The van der Waals surface area contributed by atoms with Gasteiger partial charge < -0.3 is 15.3 Å². The molecule has 0 saturated carbocycles. The van der Waals surface area contributed by atoms with Crippen molar-refractivity contribution >= 4 is 22.8 Å². The van der Waals surface area contributed by atoms with Gasteiger partial charge in [-0.25, -0.2) is 4.79 Å². The third kappa shape index (κ3) is 2.58. The fourth-order valence-corrected chi connectivity index (χ4v) is 1.80. The lowest BCUT2D eigenvalue weighted by Crippen LogP contribution is -2.38. The first-order chi connectivity index (χ1) is 9.00. The van der Waals surface area contributed by atoms with E-state index in [0.29, 0.717) is 11.0 Å². The Labute approximate surface area is 109 Å². The number of carbonyl (C=O) groups excluding carboxylic acids is 1. The van der Waals surface area contributed by atoms with Gasteiger partial charge in [0, 0.05) is 5.39 Å². The Morgan fingerprint density at radius 3 is 2.74 bits per heavy atom. The number of aromatic carboxylic acids is 1. The van der Waals surface area contributed by atoms with Crippen LogP contribution in [0.5, 0.6) is 0 Å². The number of hydrogen-bond acceptors (Lipinski definition) is 4. The van der Waals surface area contributed by atoms with Crippen molar-refractivity contribution in [2.45, 2.75) is 19.5 Å². The molecule has 19 heavy (non-hydrogen) atoms. The predicted molar refractivity (Wildman–Crippen MR) is 68.7 cm³/mol. The van der Waals surface area contributed by atoms with Crippen molar-refractivity contribution in [2.24, 2.45) is 5.73 Å². The number of carboxylic acid groups (broad SMARTS) is 1. The molecule has 1 unspecified atom stereocenters. The molecular weight excluding hydrogens is 248 g/mol. The lowest BCUT2D eigenvalue weighted by Gasteiger charge is -2.08. The molecule has 0 aliphatic rings. The van der Waals surface area contributed by atoms with Crippen molar-refractivity contribution in [1.82, 2.24) is 5.32 Å². The fourth-order valence-electron chi connectivity index (χ4n) is 1.80. The van der Waals surface area contributed by atoms with E-state index in [2.05, 4.69) is 5.32 Å². The van der Waals surface area contributed by atoms with E-state index in [1.54, 1.807) is 31.2 Å². The van der Waals surface area contributed by atoms with Crippen LogP contribution < -0.4 is 11.1 Å². The average Bonchev–Trinajstić information content (AvgIpc) is 2.73. The van der Waals surface area contributed by atoms with Crippen LogP contribution in [0, 0.1) is 0 Å². The number of carbonyl (C=O) groups is 2. The Hall–Kier alpha value is -2.34. The van der Waals surface area contributed by atoms with E-state index in [0.717, 1.165) is 0 Å². The minimum Gasteiger partial charge on any atom is -0.478 e. The van der Waals surface area contributed by atoms with Crippen LogP contribution in [-0.4, -0.2) is 23.0 Å². The Kier molecular flexibility index (Phi) is 3.52. The maximum absolute atomic E-state index is 11.3. The second-order valence-electron chi connectivity index (χ2n) is 4.21. The van der Waals surface area contributed by atoms with Crippen molar-refractivity contribution in [3.63, 3.8) is 0 Å². The summed E-state index contributed by atoms with van der Waals surface area (Å²) in [4.78, 5) is 22.2. The van der Waals surface area contributed by atoms with Crippen LogP contribution in [0.2, 0.25) is 0 Å². The number of rotatable bonds is 5. The van der Waals surface area contributed by atoms with Gasteiger partial charge in [-0.3, -0.25) is 10.1 Å². The van der Waals surface area contributed by atoms with Gasteiger partial charge in [0.2, 0.25) is 5.91 Å². The van der Waals surface area contributed by atoms with E-state index >= 15 is 0 Å². The number of nitrogens with two attached hydrogens (primary N) is 1. The molecule has 6 heteroatoms. The summed E-state index contributed by atoms with van der Waals surface area (Å²) < 4.78 is 5.50. The number of furan rings is 1. The molecule has 0 aliphatic heterocycles. The van der Waals surface area contributed by atoms with Crippen molar-refractivity contribution in [3.8, 4) is 0 Å². The molecule has 0 spiro atoms. The van der Waals surface area contributed by atoms with E-state index in [4.69, 9.17) is 10.2 Å². The summed E-state index contributed by atoms with van der Waals surface area (Å²) >= 11 is 0. The topological polar surface area (TPSA) is 106 Å². The molecule has 6 nitrogen and oxygen atoms in total. The van der Waals surface area contributed by atoms with Crippen molar-refractivity contribution < 1.29 is 19.1 Å². The van der Waals surface area contributed by atoms with Crippen LogP contribution in [0.25, 0.3) is 11.0 Å². The minimum absolute atomic E-state index is 0.111. The Morgan fingerprint density at radius 1 is 1.42 bits per heavy atom. The van der Waals surface area contributed by atoms with E-state index in [1.807, 2.05) is 0 Å². The zero-order chi connectivity index (χ0) is 14.0. The maximum atomic E-state index is 11.3. The summed E-state index contributed by atoms with van der Waals surface area (Å²) in [5.74, 6) is -1.29. The summed E-state index contributed by atoms with van der Waals surface area (Å²) in [7, 11) is 0. The molecule has 0 aliphatic carbocycles. The van der Waals surface area contributed by atoms with E-state index < -0.39 is 17.9 Å². The third-order valence-electron chi connectivity index (χ3n) is 2.88. The van der Waals surface area contributed by atoms with Gasteiger partial charge in [0.15, 0.2) is 0 Å². The molecule has 1 aromatic carbocycles. The highest BCUT2D eigenvalue weighted by atomic mass is 16.4. The highest BCUT2D eigenvalue weighted by Gasteiger charge is 2.20. The molecule has 2 rings (SSSR count). The molecule has 4 N–H and O–H groups in total. The molecule has 0 radical (unpaired) electrons. The molecule has 1 aromatic heterocycles. The molecule has 0 fully saturated rings. The minimum atomic E-state index is -1.06. The van der Waals surface area contributed by atoms with Crippen LogP contribution in [-0.2, 0) is 11.3 Å². The zero-order valence-electron chi connectivity index (χ0n) is 10.3. The zero-order valence-corrected chi connectivity index (χ0v) is 10.3. The summed E-state index contributed by atoms with van der Waals surface area (Å²) in [5, 5.41) is 12.6. The normalized spacial score (nSPS) is 12.5. The van der Waals surface area contributed by atoms with Gasteiger partial charge in [0.25, 0.3) is 0 Å². The van der Waals surface area contributed by atoms with Crippen molar-refractivity contribution in [2.75, 3.05) is 0 Å². The molecule has 0 saturated heterocycles. The third-order valence-corrected chi connectivity index (χ3v) is 2.88. The van der Waals surface area contributed by atoms with E-state index in [9.17, 15) is 14.7 Å². The number of hydrogen-bond donors (Lipinski definition) is 3. The molecule has 1 atom stereocenters. The fraction of sp³-hybridized carbons (Fsp3) is 0.231. The first kappa shape index (κ1) is 13.1. The van der Waals surface area contributed by atoms with Crippen LogP contribution in [0.1, 0.15) is 23.0 Å². The number of amides is 1. The van der Waals surface area contributed by atoms with Crippen LogP contribution in [0.4, 0.5) is 0 Å². The van der Waals surface area contributed by atoms with Crippen LogP contribution in [0.3, 0.4) is 0 Å². The Bertz CT molecular complexity index is 633. The number of nitrogens with one attached hydrogen (secondary N) is 1. The molecule has 0 bridgehead atoms. The lowest BCUT2D eigenvalue weighted by atomic mass is 10.1. The lowest BCUT2D eigenvalue weighted by molar-refractivity contribution is -0.119. The van der Waals surface area contributed by atoms with Gasteiger partial charge in [0.05, 0.1) is 12.6 Å². The number of para-hydroxylation sites is 1. The molecule has 1 heterocycles. The van der Waals surface area contributed by atoms with E-state index in [1.165, 1.54) is 0 Å². The van der Waals surface area contributed by atoms with Gasteiger partial charge in [-0.15, -0.1) is 0 Å². The standard InChI is InChI=1S/C13H14N2O4/c1-7(12(14)16)15-6-10-11(13(17)18)8-4-2-3-5-9(8)19-10/h2-5,7,15H,6H2,1H3,(H2,14,16)(H,17,18). The summed E-state index contributed by atoms with van der Waals surface area (Å²) in [5.41, 5.74) is 5.74.